The Bertz CT molecular complexity index is 1560. The predicted molar refractivity (Wildman–Crippen MR) is 137 cm³/mol. The first-order valence-corrected chi connectivity index (χ1v) is 11.6. The number of hydrogen-bond acceptors (Lipinski definition) is 4. The van der Waals surface area contributed by atoms with E-state index in [2.05, 4.69) is 15.6 Å². The molecular weight excluding hydrogens is 476 g/mol. The Hall–Kier alpha value is -4.49. The summed E-state index contributed by atoms with van der Waals surface area (Å²) >= 11 is 6.16. The standard InChI is InChI=1S/C28H21ClN4O3/c29-23-8-4-5-19(13-23)14-25-26-24(27(34)30-16-18-9-11-21(12-10-18)28(35)36)15-22(17-33(26)32-31-25)20-6-2-1-3-7-20/h1-13,15,17H,14,16H2,(H,30,34)(H,35,36). The molecule has 2 heterocycles. The molecule has 0 saturated carbocycles. The average Bonchev–Trinajstić information content (AvgIpc) is 3.30. The molecule has 2 N–H and O–H groups in total. The largest absolute Gasteiger partial charge is 0.478 e. The van der Waals surface area contributed by atoms with Crippen molar-refractivity contribution in [3.8, 4) is 11.1 Å². The van der Waals surface area contributed by atoms with Gasteiger partial charge in [0.15, 0.2) is 0 Å². The molecule has 0 bridgehead atoms. The predicted octanol–water partition coefficient (Wildman–Crippen LogP) is 5.27. The van der Waals surface area contributed by atoms with Crippen molar-refractivity contribution >= 4 is 29.0 Å². The van der Waals surface area contributed by atoms with Crippen molar-refractivity contribution < 1.29 is 14.7 Å². The monoisotopic (exact) mass is 496 g/mol. The smallest absolute Gasteiger partial charge is 0.335 e. The second kappa shape index (κ2) is 10.0. The molecule has 0 fully saturated rings. The number of carbonyl (C=O) groups is 2. The molecular formula is C28H21ClN4O3. The van der Waals surface area contributed by atoms with Crippen LogP contribution in [0.25, 0.3) is 16.6 Å². The van der Waals surface area contributed by atoms with Gasteiger partial charge in [-0.15, -0.1) is 5.10 Å². The molecule has 0 radical (unpaired) electrons. The van der Waals surface area contributed by atoms with E-state index in [1.807, 2.05) is 66.9 Å². The molecule has 2 aromatic heterocycles. The Morgan fingerprint density at radius 2 is 1.67 bits per heavy atom. The van der Waals surface area contributed by atoms with E-state index in [0.717, 1.165) is 22.3 Å². The molecule has 178 valence electrons. The Labute approximate surface area is 212 Å². The van der Waals surface area contributed by atoms with Crippen molar-refractivity contribution in [3.05, 3.63) is 124 Å². The number of halogens is 1. The van der Waals surface area contributed by atoms with Crippen LogP contribution in [0.4, 0.5) is 0 Å². The van der Waals surface area contributed by atoms with Gasteiger partial charge in [-0.1, -0.05) is 71.4 Å². The van der Waals surface area contributed by atoms with E-state index in [4.69, 9.17) is 16.7 Å². The van der Waals surface area contributed by atoms with Crippen LogP contribution in [-0.4, -0.2) is 31.8 Å². The molecule has 5 rings (SSSR count). The molecule has 0 saturated heterocycles. The number of carboxylic acids is 1. The molecule has 0 unspecified atom stereocenters. The van der Waals surface area contributed by atoms with E-state index in [0.29, 0.717) is 28.2 Å². The summed E-state index contributed by atoms with van der Waals surface area (Å²) in [5.41, 5.74) is 5.44. The Morgan fingerprint density at radius 1 is 0.889 bits per heavy atom. The molecule has 0 atom stereocenters. The van der Waals surface area contributed by atoms with Gasteiger partial charge in [0.25, 0.3) is 5.91 Å². The summed E-state index contributed by atoms with van der Waals surface area (Å²) in [4.78, 5) is 24.6. The van der Waals surface area contributed by atoms with Gasteiger partial charge < -0.3 is 10.4 Å². The molecule has 0 spiro atoms. The summed E-state index contributed by atoms with van der Waals surface area (Å²) in [6.45, 7) is 0.242. The topological polar surface area (TPSA) is 96.6 Å². The van der Waals surface area contributed by atoms with Crippen LogP contribution in [0.5, 0.6) is 0 Å². The van der Waals surface area contributed by atoms with E-state index >= 15 is 0 Å². The van der Waals surface area contributed by atoms with Crippen molar-refractivity contribution in [2.45, 2.75) is 13.0 Å². The van der Waals surface area contributed by atoms with Crippen molar-refractivity contribution in [1.29, 1.82) is 0 Å². The summed E-state index contributed by atoms with van der Waals surface area (Å²) in [7, 11) is 0. The number of aromatic nitrogens is 3. The fraction of sp³-hybridized carbons (Fsp3) is 0.0714. The van der Waals surface area contributed by atoms with E-state index in [9.17, 15) is 9.59 Å². The minimum Gasteiger partial charge on any atom is -0.478 e. The zero-order chi connectivity index (χ0) is 25.1. The first kappa shape index (κ1) is 23.3. The lowest BCUT2D eigenvalue weighted by Crippen LogP contribution is -2.24. The first-order chi connectivity index (χ1) is 17.5. The van der Waals surface area contributed by atoms with E-state index in [1.165, 1.54) is 12.1 Å². The molecule has 8 heteroatoms. The van der Waals surface area contributed by atoms with Crippen LogP contribution in [0.3, 0.4) is 0 Å². The Kier molecular flexibility index (Phi) is 6.47. The van der Waals surface area contributed by atoms with E-state index in [-0.39, 0.29) is 18.0 Å². The van der Waals surface area contributed by atoms with Gasteiger partial charge in [0.05, 0.1) is 16.8 Å². The second-order valence-corrected chi connectivity index (χ2v) is 8.77. The van der Waals surface area contributed by atoms with Crippen LogP contribution >= 0.6 is 11.6 Å². The van der Waals surface area contributed by atoms with Crippen LogP contribution in [0, 0.1) is 0 Å². The van der Waals surface area contributed by atoms with Gasteiger partial charge in [-0.3, -0.25) is 4.79 Å². The summed E-state index contributed by atoms with van der Waals surface area (Å²) in [6, 6.07) is 25.5. The van der Waals surface area contributed by atoms with Crippen LogP contribution in [0.2, 0.25) is 5.02 Å². The van der Waals surface area contributed by atoms with Crippen molar-refractivity contribution in [1.82, 2.24) is 20.1 Å². The lowest BCUT2D eigenvalue weighted by molar-refractivity contribution is 0.0696. The van der Waals surface area contributed by atoms with E-state index in [1.54, 1.807) is 16.6 Å². The molecule has 0 aliphatic heterocycles. The van der Waals surface area contributed by atoms with E-state index < -0.39 is 5.97 Å². The maximum absolute atomic E-state index is 13.5. The molecule has 1 amide bonds. The lowest BCUT2D eigenvalue weighted by atomic mass is 10.0. The van der Waals surface area contributed by atoms with Crippen molar-refractivity contribution in [2.24, 2.45) is 0 Å². The highest BCUT2D eigenvalue weighted by molar-refractivity contribution is 6.30. The summed E-state index contributed by atoms with van der Waals surface area (Å²) in [5.74, 6) is -1.28. The Balaban J connectivity index is 1.51. The van der Waals surface area contributed by atoms with Gasteiger partial charge in [-0.25, -0.2) is 9.31 Å². The third kappa shape index (κ3) is 4.96. The lowest BCUT2D eigenvalue weighted by Gasteiger charge is -2.11. The number of carboxylic acid groups (broad SMARTS) is 1. The molecule has 36 heavy (non-hydrogen) atoms. The number of aromatic carboxylic acids is 1. The number of benzene rings is 3. The average molecular weight is 497 g/mol. The van der Waals surface area contributed by atoms with Crippen molar-refractivity contribution in [3.63, 3.8) is 0 Å². The zero-order valence-corrected chi connectivity index (χ0v) is 19.8. The molecule has 0 aliphatic rings. The number of nitrogens with one attached hydrogen (secondary N) is 1. The first-order valence-electron chi connectivity index (χ1n) is 11.3. The van der Waals surface area contributed by atoms with Gasteiger partial charge in [-0.2, -0.15) is 0 Å². The van der Waals surface area contributed by atoms with Crippen LogP contribution in [0.15, 0.2) is 91.1 Å². The SMILES string of the molecule is O=C(O)c1ccc(CNC(=O)c2cc(-c3ccccc3)cn3nnc(Cc4cccc(Cl)c4)c23)cc1. The third-order valence-electron chi connectivity index (χ3n) is 5.85. The summed E-state index contributed by atoms with van der Waals surface area (Å²) in [6.07, 6.45) is 2.33. The van der Waals surface area contributed by atoms with Crippen LogP contribution in [-0.2, 0) is 13.0 Å². The number of pyridine rings is 1. The summed E-state index contributed by atoms with van der Waals surface area (Å²) < 4.78 is 1.64. The molecule has 7 nitrogen and oxygen atoms in total. The van der Waals surface area contributed by atoms with Gasteiger partial charge >= 0.3 is 5.97 Å². The van der Waals surface area contributed by atoms with Gasteiger partial charge in [0.2, 0.25) is 0 Å². The number of fused-ring (bicyclic) bond motifs is 1. The van der Waals surface area contributed by atoms with Crippen molar-refractivity contribution in [2.75, 3.05) is 0 Å². The maximum Gasteiger partial charge on any atom is 0.335 e. The quantitative estimate of drug-likeness (QED) is 0.320. The second-order valence-electron chi connectivity index (χ2n) is 8.33. The molecule has 0 aliphatic carbocycles. The highest BCUT2D eigenvalue weighted by Gasteiger charge is 2.19. The van der Waals surface area contributed by atoms with Gasteiger partial charge in [-0.05, 0) is 47.0 Å². The minimum absolute atomic E-state index is 0.193. The maximum atomic E-state index is 13.5. The number of carbonyl (C=O) groups excluding carboxylic acids is 1. The number of hydrogen-bond donors (Lipinski definition) is 2. The minimum atomic E-state index is -0.994. The molecule has 5 aromatic rings. The number of amides is 1. The van der Waals surface area contributed by atoms with Gasteiger partial charge in [0, 0.05) is 29.7 Å². The number of nitrogens with zero attached hydrogens (tertiary/aromatic N) is 3. The van der Waals surface area contributed by atoms with Crippen LogP contribution in [0.1, 0.15) is 37.5 Å². The highest BCUT2D eigenvalue weighted by atomic mass is 35.5. The number of rotatable bonds is 7. The fourth-order valence-electron chi connectivity index (χ4n) is 4.05. The Morgan fingerprint density at radius 3 is 2.39 bits per heavy atom. The molecule has 3 aromatic carbocycles. The summed E-state index contributed by atoms with van der Waals surface area (Å²) in [5, 5.41) is 21.4. The zero-order valence-electron chi connectivity index (χ0n) is 19.1. The normalized spacial score (nSPS) is 10.9. The fourth-order valence-corrected chi connectivity index (χ4v) is 4.27. The van der Waals surface area contributed by atoms with Gasteiger partial charge in [0.1, 0.15) is 5.52 Å². The highest BCUT2D eigenvalue weighted by Crippen LogP contribution is 2.26. The van der Waals surface area contributed by atoms with Crippen LogP contribution < -0.4 is 5.32 Å². The third-order valence-corrected chi connectivity index (χ3v) is 6.08.